The van der Waals surface area contributed by atoms with Crippen LogP contribution in [-0.2, 0) is 10.0 Å². The van der Waals surface area contributed by atoms with Crippen molar-refractivity contribution in [2.45, 2.75) is 56.0 Å². The van der Waals surface area contributed by atoms with Crippen molar-refractivity contribution in [3.63, 3.8) is 0 Å². The molecule has 188 valence electrons. The van der Waals surface area contributed by atoms with Crippen molar-refractivity contribution in [3.8, 4) is 17.6 Å². The molecule has 0 spiro atoms. The average Bonchev–Trinajstić information content (AvgIpc) is 2.83. The Morgan fingerprint density at radius 1 is 1.06 bits per heavy atom. The average molecular weight is 497 g/mol. The molecule has 0 amide bonds. The van der Waals surface area contributed by atoms with E-state index in [1.165, 1.54) is 0 Å². The van der Waals surface area contributed by atoms with Gasteiger partial charge >= 0.3 is 0 Å². The molecule has 3 atom stereocenters. The number of aliphatic hydroxyl groups excluding tert-OH is 1. The molecule has 0 aliphatic carbocycles. The summed E-state index contributed by atoms with van der Waals surface area (Å²) >= 11 is 0. The number of sulfonamides is 1. The molecule has 2 saturated heterocycles. The van der Waals surface area contributed by atoms with Crippen LogP contribution in [0.15, 0.2) is 53.4 Å². The van der Waals surface area contributed by atoms with Crippen LogP contribution in [0.3, 0.4) is 0 Å². The lowest BCUT2D eigenvalue weighted by atomic mass is 9.74. The Hall–Kier alpha value is -2.37. The summed E-state index contributed by atoms with van der Waals surface area (Å²) in [5.41, 5.74) is 2.11. The van der Waals surface area contributed by atoms with E-state index in [2.05, 4.69) is 42.7 Å². The van der Waals surface area contributed by atoms with Crippen molar-refractivity contribution >= 4 is 10.0 Å². The molecule has 0 aromatic heterocycles. The molecule has 0 radical (unpaired) electrons. The molecule has 2 aromatic carbocycles. The van der Waals surface area contributed by atoms with E-state index in [1.54, 1.807) is 35.7 Å². The number of rotatable bonds is 6. The van der Waals surface area contributed by atoms with Crippen LogP contribution in [0.25, 0.3) is 0 Å². The van der Waals surface area contributed by atoms with Crippen LogP contribution in [0.1, 0.15) is 50.2 Å². The lowest BCUT2D eigenvalue weighted by Gasteiger charge is -2.57. The van der Waals surface area contributed by atoms with E-state index in [0.717, 1.165) is 36.9 Å². The topological polar surface area (TPSA) is 70.1 Å². The number of hydrogen-bond acceptors (Lipinski definition) is 5. The highest BCUT2D eigenvalue weighted by atomic mass is 32.2. The predicted octanol–water partition coefficient (Wildman–Crippen LogP) is 3.71. The number of benzene rings is 2. The molecule has 6 nitrogen and oxygen atoms in total. The van der Waals surface area contributed by atoms with Gasteiger partial charge in [0, 0.05) is 43.1 Å². The molecule has 2 aliphatic rings. The molecular formula is C28H36N2O4S. The monoisotopic (exact) mass is 496 g/mol. The van der Waals surface area contributed by atoms with Crippen LogP contribution in [0.4, 0.5) is 0 Å². The Labute approximate surface area is 210 Å². The van der Waals surface area contributed by atoms with Crippen LogP contribution in [0, 0.1) is 17.8 Å². The fraction of sp³-hybridized carbons (Fsp3) is 0.500. The molecule has 0 bridgehead atoms. The van der Waals surface area contributed by atoms with Crippen molar-refractivity contribution in [2.75, 3.05) is 33.4 Å². The number of ether oxygens (including phenoxy) is 1. The van der Waals surface area contributed by atoms with Crippen LogP contribution in [-0.4, -0.2) is 68.2 Å². The van der Waals surface area contributed by atoms with Gasteiger partial charge < -0.3 is 9.84 Å². The van der Waals surface area contributed by atoms with E-state index < -0.39 is 10.0 Å². The fourth-order valence-corrected chi connectivity index (χ4v) is 6.67. The SMILES string of the molecule is COc1ccc(S(=O)(=O)N2CCCCN3[C@@H](CO)[C@H](c4ccc(C#CCC(C)C)cc4)[C@@H]3C2)cc1. The van der Waals surface area contributed by atoms with Gasteiger partial charge in [0.05, 0.1) is 18.6 Å². The second-order valence-electron chi connectivity index (χ2n) is 9.85. The molecule has 0 unspecified atom stereocenters. The number of methoxy groups -OCH3 is 1. The summed E-state index contributed by atoms with van der Waals surface area (Å²) in [4.78, 5) is 2.57. The van der Waals surface area contributed by atoms with Crippen molar-refractivity contribution < 1.29 is 18.3 Å². The van der Waals surface area contributed by atoms with E-state index in [4.69, 9.17) is 4.74 Å². The minimum atomic E-state index is -3.63. The Morgan fingerprint density at radius 2 is 1.74 bits per heavy atom. The number of hydrogen-bond donors (Lipinski definition) is 1. The van der Waals surface area contributed by atoms with Gasteiger partial charge in [0.2, 0.25) is 10.0 Å². The van der Waals surface area contributed by atoms with Crippen molar-refractivity contribution in [2.24, 2.45) is 5.92 Å². The van der Waals surface area contributed by atoms with Gasteiger partial charge in [-0.2, -0.15) is 4.31 Å². The quantitative estimate of drug-likeness (QED) is 0.618. The van der Waals surface area contributed by atoms with Gasteiger partial charge in [0.1, 0.15) is 5.75 Å². The molecule has 2 aliphatic heterocycles. The summed E-state index contributed by atoms with van der Waals surface area (Å²) < 4.78 is 33.8. The smallest absolute Gasteiger partial charge is 0.243 e. The van der Waals surface area contributed by atoms with E-state index in [0.29, 0.717) is 24.8 Å². The predicted molar refractivity (Wildman–Crippen MR) is 138 cm³/mol. The van der Waals surface area contributed by atoms with Gasteiger partial charge in [-0.25, -0.2) is 8.42 Å². The maximum absolute atomic E-state index is 13.5. The Morgan fingerprint density at radius 3 is 2.37 bits per heavy atom. The van der Waals surface area contributed by atoms with Gasteiger partial charge in [-0.05, 0) is 67.3 Å². The zero-order valence-electron chi connectivity index (χ0n) is 20.9. The van der Waals surface area contributed by atoms with Gasteiger partial charge in [-0.1, -0.05) is 37.8 Å². The number of nitrogens with zero attached hydrogens (tertiary/aromatic N) is 2. The molecule has 2 fully saturated rings. The molecule has 2 aromatic rings. The zero-order chi connectivity index (χ0) is 25.0. The molecule has 35 heavy (non-hydrogen) atoms. The molecule has 2 heterocycles. The Balaban J connectivity index is 1.56. The van der Waals surface area contributed by atoms with Gasteiger partial charge in [0.15, 0.2) is 0 Å². The van der Waals surface area contributed by atoms with Gasteiger partial charge in [-0.3, -0.25) is 4.90 Å². The van der Waals surface area contributed by atoms with Crippen molar-refractivity contribution in [3.05, 3.63) is 59.7 Å². The lowest BCUT2D eigenvalue weighted by molar-refractivity contribution is -0.0553. The molecule has 0 saturated carbocycles. The number of fused-ring (bicyclic) bond motifs is 1. The van der Waals surface area contributed by atoms with E-state index in [9.17, 15) is 13.5 Å². The van der Waals surface area contributed by atoms with Crippen molar-refractivity contribution in [1.29, 1.82) is 0 Å². The summed E-state index contributed by atoms with van der Waals surface area (Å²) in [5, 5.41) is 10.2. The second kappa shape index (κ2) is 11.1. The van der Waals surface area contributed by atoms with E-state index in [-0.39, 0.29) is 29.5 Å². The third-order valence-corrected chi connectivity index (χ3v) is 8.95. The normalized spacial score (nSPS) is 23.4. The standard InChI is InChI=1S/C28H36N2O4S/c1-21(2)7-6-8-22-9-11-23(12-10-22)28-26-19-29(17-4-5-18-30(26)27(28)20-31)35(32,33)25-15-13-24(34-3)14-16-25/h9-16,21,26-28,31H,4-5,7,17-20H2,1-3H3/t26-,27-,28+/m0/s1. The highest BCUT2D eigenvalue weighted by Crippen LogP contribution is 2.42. The minimum absolute atomic E-state index is 0.00140. The highest BCUT2D eigenvalue weighted by molar-refractivity contribution is 7.89. The van der Waals surface area contributed by atoms with E-state index >= 15 is 0 Å². The first-order valence-corrected chi connectivity index (χ1v) is 13.9. The third kappa shape index (κ3) is 5.57. The molecule has 7 heteroatoms. The fourth-order valence-electron chi connectivity index (χ4n) is 5.17. The van der Waals surface area contributed by atoms with Gasteiger partial charge in [0.25, 0.3) is 0 Å². The van der Waals surface area contributed by atoms with Gasteiger partial charge in [-0.15, -0.1) is 0 Å². The Kier molecular flexibility index (Phi) is 8.18. The first-order chi connectivity index (χ1) is 16.8. The van der Waals surface area contributed by atoms with Crippen molar-refractivity contribution in [1.82, 2.24) is 9.21 Å². The summed E-state index contributed by atoms with van der Waals surface area (Å²) in [6.45, 7) is 6.15. The maximum Gasteiger partial charge on any atom is 0.243 e. The first kappa shape index (κ1) is 25.7. The van der Waals surface area contributed by atoms with E-state index in [1.807, 2.05) is 12.1 Å². The summed E-state index contributed by atoms with van der Waals surface area (Å²) in [6, 6.07) is 14.9. The summed E-state index contributed by atoms with van der Waals surface area (Å²) in [5.74, 6) is 7.70. The zero-order valence-corrected chi connectivity index (χ0v) is 21.7. The maximum atomic E-state index is 13.5. The second-order valence-corrected chi connectivity index (χ2v) is 11.8. The number of aliphatic hydroxyl groups is 1. The van der Waals surface area contributed by atoms with Crippen LogP contribution in [0.5, 0.6) is 5.75 Å². The summed E-state index contributed by atoms with van der Waals surface area (Å²) in [7, 11) is -2.07. The first-order valence-electron chi connectivity index (χ1n) is 12.4. The van der Waals surface area contributed by atoms with Crippen LogP contribution in [0.2, 0.25) is 0 Å². The molecule has 1 N–H and O–H groups in total. The van der Waals surface area contributed by atoms with Crippen LogP contribution >= 0.6 is 0 Å². The molecular weight excluding hydrogens is 460 g/mol. The summed E-state index contributed by atoms with van der Waals surface area (Å²) in [6.07, 6.45) is 2.57. The van der Waals surface area contributed by atoms with Crippen LogP contribution < -0.4 is 4.74 Å². The largest absolute Gasteiger partial charge is 0.497 e. The third-order valence-electron chi connectivity index (χ3n) is 7.07. The molecule has 4 rings (SSSR count). The highest BCUT2D eigenvalue weighted by Gasteiger charge is 2.50. The Bertz CT molecular complexity index is 1150. The minimum Gasteiger partial charge on any atom is -0.497 e. The lowest BCUT2D eigenvalue weighted by Crippen LogP contribution is -2.67.